The highest BCUT2D eigenvalue weighted by atomic mass is 32.2. The van der Waals surface area contributed by atoms with Gasteiger partial charge < -0.3 is 9.88 Å². The summed E-state index contributed by atoms with van der Waals surface area (Å²) in [5.74, 6) is -0.0871. The predicted octanol–water partition coefficient (Wildman–Crippen LogP) is 3.16. The molecule has 0 saturated heterocycles. The summed E-state index contributed by atoms with van der Waals surface area (Å²) in [4.78, 5) is 28.3. The van der Waals surface area contributed by atoms with Crippen molar-refractivity contribution in [3.05, 3.63) is 11.4 Å². The van der Waals surface area contributed by atoms with Gasteiger partial charge in [0.05, 0.1) is 11.4 Å². The van der Waals surface area contributed by atoms with E-state index in [4.69, 9.17) is 0 Å². The molecule has 0 spiro atoms. The van der Waals surface area contributed by atoms with Crippen molar-refractivity contribution in [2.45, 2.75) is 77.0 Å². The smallest absolute Gasteiger partial charge is 0.321 e. The maximum atomic E-state index is 12.0. The lowest BCUT2D eigenvalue weighted by atomic mass is 10.2. The van der Waals surface area contributed by atoms with Crippen molar-refractivity contribution in [1.29, 1.82) is 0 Å². The van der Waals surface area contributed by atoms with E-state index in [2.05, 4.69) is 34.0 Å². The number of hydrogen-bond donors (Lipinski definition) is 2. The van der Waals surface area contributed by atoms with Crippen LogP contribution in [0.5, 0.6) is 0 Å². The fourth-order valence-corrected chi connectivity index (χ4v) is 3.82. The Morgan fingerprint density at radius 1 is 1.29 bits per heavy atom. The molecule has 1 aromatic rings. The zero-order valence-corrected chi connectivity index (χ0v) is 15.7. The number of amides is 3. The molecule has 2 rings (SSSR count). The molecule has 1 aliphatic carbocycles. The standard InChI is InChI=1S/C17H28N4O2S/c1-4-5-10-21-13(3)12(2)18-17(21)24-11-15(22)20-16(23)19-14-8-6-7-9-14/h14H,4-11H2,1-3H3,(H2,19,20,22,23). The van der Waals surface area contributed by atoms with Crippen LogP contribution < -0.4 is 10.6 Å². The number of unbranched alkanes of at least 4 members (excludes halogenated alkanes) is 1. The average Bonchev–Trinajstić information content (AvgIpc) is 3.13. The van der Waals surface area contributed by atoms with Crippen LogP contribution in [0.25, 0.3) is 0 Å². The highest BCUT2D eigenvalue weighted by Gasteiger charge is 2.19. The Hall–Kier alpha value is -1.50. The third-order valence-electron chi connectivity index (χ3n) is 4.43. The monoisotopic (exact) mass is 352 g/mol. The third-order valence-corrected chi connectivity index (χ3v) is 5.41. The van der Waals surface area contributed by atoms with Gasteiger partial charge in [-0.25, -0.2) is 9.78 Å². The molecule has 0 atom stereocenters. The first-order valence-corrected chi connectivity index (χ1v) is 9.76. The molecule has 7 heteroatoms. The van der Waals surface area contributed by atoms with Crippen molar-refractivity contribution >= 4 is 23.7 Å². The molecule has 0 radical (unpaired) electrons. The van der Waals surface area contributed by atoms with Gasteiger partial charge in [0.15, 0.2) is 5.16 Å². The Balaban J connectivity index is 1.82. The van der Waals surface area contributed by atoms with Crippen LogP contribution in [0, 0.1) is 13.8 Å². The lowest BCUT2D eigenvalue weighted by molar-refractivity contribution is -0.117. The predicted molar refractivity (Wildman–Crippen MR) is 96.3 cm³/mol. The minimum Gasteiger partial charge on any atom is -0.335 e. The van der Waals surface area contributed by atoms with E-state index in [1.807, 2.05) is 6.92 Å². The van der Waals surface area contributed by atoms with E-state index in [9.17, 15) is 9.59 Å². The van der Waals surface area contributed by atoms with Crippen LogP contribution in [-0.4, -0.2) is 33.3 Å². The fraction of sp³-hybridized carbons (Fsp3) is 0.706. The number of thioether (sulfide) groups is 1. The van der Waals surface area contributed by atoms with Gasteiger partial charge in [0.2, 0.25) is 5.91 Å². The maximum absolute atomic E-state index is 12.0. The summed E-state index contributed by atoms with van der Waals surface area (Å²) in [5, 5.41) is 6.13. The van der Waals surface area contributed by atoms with Crippen molar-refractivity contribution < 1.29 is 9.59 Å². The van der Waals surface area contributed by atoms with Crippen LogP contribution >= 0.6 is 11.8 Å². The number of carbonyl (C=O) groups excluding carboxylic acids is 2. The lowest BCUT2D eigenvalue weighted by Gasteiger charge is -2.12. The highest BCUT2D eigenvalue weighted by Crippen LogP contribution is 2.22. The number of rotatable bonds is 7. The van der Waals surface area contributed by atoms with Crippen LogP contribution in [0.4, 0.5) is 4.79 Å². The summed E-state index contributed by atoms with van der Waals surface area (Å²) in [7, 11) is 0. The van der Waals surface area contributed by atoms with Gasteiger partial charge >= 0.3 is 6.03 Å². The maximum Gasteiger partial charge on any atom is 0.321 e. The number of nitrogens with zero attached hydrogens (tertiary/aromatic N) is 2. The molecule has 1 heterocycles. The largest absolute Gasteiger partial charge is 0.335 e. The highest BCUT2D eigenvalue weighted by molar-refractivity contribution is 7.99. The molecular weight excluding hydrogens is 324 g/mol. The molecule has 2 N–H and O–H groups in total. The van der Waals surface area contributed by atoms with Crippen molar-refractivity contribution in [1.82, 2.24) is 20.2 Å². The molecule has 134 valence electrons. The number of aryl methyl sites for hydroxylation is 1. The van der Waals surface area contributed by atoms with Crippen molar-refractivity contribution in [2.75, 3.05) is 5.75 Å². The summed E-state index contributed by atoms with van der Waals surface area (Å²) < 4.78 is 2.16. The second-order valence-corrected chi connectivity index (χ2v) is 7.30. The van der Waals surface area contributed by atoms with E-state index >= 15 is 0 Å². The molecule has 24 heavy (non-hydrogen) atoms. The second-order valence-electron chi connectivity index (χ2n) is 6.36. The number of urea groups is 1. The van der Waals surface area contributed by atoms with Crippen LogP contribution in [0.1, 0.15) is 56.8 Å². The average molecular weight is 353 g/mol. The minimum absolute atomic E-state index is 0.195. The number of imidazole rings is 1. The Kier molecular flexibility index (Phi) is 7.15. The van der Waals surface area contributed by atoms with Gasteiger partial charge in [-0.1, -0.05) is 37.9 Å². The zero-order valence-electron chi connectivity index (χ0n) is 14.9. The Morgan fingerprint density at radius 2 is 2.00 bits per heavy atom. The van der Waals surface area contributed by atoms with E-state index in [1.165, 1.54) is 11.8 Å². The van der Waals surface area contributed by atoms with Gasteiger partial charge in [-0.3, -0.25) is 10.1 Å². The van der Waals surface area contributed by atoms with E-state index in [0.29, 0.717) is 0 Å². The molecule has 1 saturated carbocycles. The third kappa shape index (κ3) is 5.26. The van der Waals surface area contributed by atoms with Gasteiger partial charge in [0.1, 0.15) is 0 Å². The Morgan fingerprint density at radius 3 is 2.67 bits per heavy atom. The van der Waals surface area contributed by atoms with Gasteiger partial charge in [-0.2, -0.15) is 0 Å². The summed E-state index contributed by atoms with van der Waals surface area (Å²) in [6.07, 6.45) is 6.50. The molecule has 3 amide bonds. The lowest BCUT2D eigenvalue weighted by Crippen LogP contribution is -2.44. The molecule has 0 aromatic carbocycles. The first-order valence-electron chi connectivity index (χ1n) is 8.78. The molecule has 6 nitrogen and oxygen atoms in total. The van der Waals surface area contributed by atoms with E-state index in [0.717, 1.165) is 61.6 Å². The van der Waals surface area contributed by atoms with Crippen LogP contribution in [0.3, 0.4) is 0 Å². The molecule has 0 aliphatic heterocycles. The van der Waals surface area contributed by atoms with Gasteiger partial charge in [-0.05, 0) is 33.1 Å². The SMILES string of the molecule is CCCCn1c(SCC(=O)NC(=O)NC2CCCC2)nc(C)c1C. The topological polar surface area (TPSA) is 76.0 Å². The number of carbonyl (C=O) groups is 2. The van der Waals surface area contributed by atoms with Crippen LogP contribution in [-0.2, 0) is 11.3 Å². The van der Waals surface area contributed by atoms with Crippen LogP contribution in [0.2, 0.25) is 0 Å². The first-order chi connectivity index (χ1) is 11.5. The van der Waals surface area contributed by atoms with Gasteiger partial charge in [0.25, 0.3) is 0 Å². The van der Waals surface area contributed by atoms with Crippen LogP contribution in [0.15, 0.2) is 5.16 Å². The van der Waals surface area contributed by atoms with Gasteiger partial charge in [0, 0.05) is 18.3 Å². The van der Waals surface area contributed by atoms with E-state index in [-0.39, 0.29) is 23.7 Å². The first kappa shape index (κ1) is 18.8. The fourth-order valence-electron chi connectivity index (χ4n) is 2.90. The number of hydrogen-bond acceptors (Lipinski definition) is 4. The summed E-state index contributed by atoms with van der Waals surface area (Å²) in [6.45, 7) is 7.10. The molecule has 1 aromatic heterocycles. The normalized spacial score (nSPS) is 14.8. The molecule has 1 fully saturated rings. The summed E-state index contributed by atoms with van der Waals surface area (Å²) >= 11 is 1.39. The Bertz CT molecular complexity index is 579. The minimum atomic E-state index is -0.380. The summed E-state index contributed by atoms with van der Waals surface area (Å²) in [5.41, 5.74) is 2.14. The molecule has 1 aliphatic rings. The number of aromatic nitrogens is 2. The van der Waals surface area contributed by atoms with E-state index in [1.54, 1.807) is 0 Å². The van der Waals surface area contributed by atoms with Crippen molar-refractivity contribution in [3.8, 4) is 0 Å². The number of imide groups is 1. The van der Waals surface area contributed by atoms with Crippen molar-refractivity contribution in [2.24, 2.45) is 0 Å². The molecule has 0 bridgehead atoms. The van der Waals surface area contributed by atoms with E-state index < -0.39 is 0 Å². The van der Waals surface area contributed by atoms with Gasteiger partial charge in [-0.15, -0.1) is 0 Å². The quantitative estimate of drug-likeness (QED) is 0.739. The molecular formula is C17H28N4O2S. The van der Waals surface area contributed by atoms with Crippen molar-refractivity contribution in [3.63, 3.8) is 0 Å². The summed E-state index contributed by atoms with van der Waals surface area (Å²) in [6, 6.07) is -0.169. The zero-order chi connectivity index (χ0) is 17.5. The molecule has 0 unspecified atom stereocenters. The Labute approximate surface area is 148 Å². The number of nitrogens with one attached hydrogen (secondary N) is 2. The second kappa shape index (κ2) is 9.11.